The number of benzene rings is 1. The van der Waals surface area contributed by atoms with Crippen molar-refractivity contribution in [2.24, 2.45) is 0 Å². The van der Waals surface area contributed by atoms with Gasteiger partial charge < -0.3 is 0 Å². The number of hydrogen-bond acceptors (Lipinski definition) is 0. The number of aryl methyl sites for hydroxylation is 2. The van der Waals surface area contributed by atoms with E-state index in [2.05, 4.69) is 43.5 Å². The first-order valence-electron chi connectivity index (χ1n) is 7.21. The van der Waals surface area contributed by atoms with E-state index in [1.54, 1.807) is 0 Å². The second-order valence-corrected chi connectivity index (χ2v) is 4.66. The Kier molecular flexibility index (Phi) is 11.9. The molecule has 19 heavy (non-hydrogen) atoms. The molecule has 0 unspecified atom stereocenters. The van der Waals surface area contributed by atoms with Crippen LogP contribution >= 0.6 is 0 Å². The molecule has 0 bridgehead atoms. The lowest BCUT2D eigenvalue weighted by molar-refractivity contribution is 0.687. The van der Waals surface area contributed by atoms with Gasteiger partial charge in [-0.3, -0.25) is 0 Å². The lowest BCUT2D eigenvalue weighted by atomic mass is 10.0. The smallest absolute Gasteiger partial charge is 0.0275 e. The topological polar surface area (TPSA) is 0 Å². The van der Waals surface area contributed by atoms with E-state index in [9.17, 15) is 0 Å². The van der Waals surface area contributed by atoms with E-state index in [4.69, 9.17) is 0 Å². The Labute approximate surface area is 119 Å². The molecule has 0 spiro atoms. The summed E-state index contributed by atoms with van der Waals surface area (Å²) in [5.41, 5.74) is 5.61. The molecule has 0 heterocycles. The Hall–Kier alpha value is -1.52. The summed E-state index contributed by atoms with van der Waals surface area (Å²) in [7, 11) is 0. The van der Waals surface area contributed by atoms with Crippen molar-refractivity contribution in [3.8, 4) is 0 Å². The zero-order chi connectivity index (χ0) is 14.3. The van der Waals surface area contributed by atoms with E-state index >= 15 is 0 Å². The van der Waals surface area contributed by atoms with Crippen molar-refractivity contribution in [2.45, 2.75) is 52.9 Å². The Balaban J connectivity index is 0.000000711. The van der Waals surface area contributed by atoms with Crippen molar-refractivity contribution in [3.63, 3.8) is 0 Å². The van der Waals surface area contributed by atoms with Crippen LogP contribution in [0.15, 0.2) is 54.8 Å². The molecule has 0 aliphatic rings. The van der Waals surface area contributed by atoms with Gasteiger partial charge in [-0.1, -0.05) is 55.0 Å². The monoisotopic (exact) mass is 256 g/mol. The summed E-state index contributed by atoms with van der Waals surface area (Å²) in [5, 5.41) is 0. The van der Waals surface area contributed by atoms with Gasteiger partial charge in [0.15, 0.2) is 0 Å². The third-order valence-corrected chi connectivity index (χ3v) is 2.91. The lowest BCUT2D eigenvalue weighted by Gasteiger charge is -2.01. The molecule has 0 heteroatoms. The van der Waals surface area contributed by atoms with E-state index in [-0.39, 0.29) is 0 Å². The summed E-state index contributed by atoms with van der Waals surface area (Å²) in [4.78, 5) is 0. The largest absolute Gasteiger partial charge is 0.133 e. The molecule has 0 amide bonds. The van der Waals surface area contributed by atoms with Crippen LogP contribution in [0, 0.1) is 6.92 Å². The van der Waals surface area contributed by atoms with Crippen LogP contribution in [0.2, 0.25) is 0 Å². The molecule has 0 saturated heterocycles. The van der Waals surface area contributed by atoms with Crippen LogP contribution in [-0.4, -0.2) is 0 Å². The summed E-state index contributed by atoms with van der Waals surface area (Å²) in [6.07, 6.45) is 12.2. The van der Waals surface area contributed by atoms with E-state index < -0.39 is 0 Å². The van der Waals surface area contributed by atoms with Crippen molar-refractivity contribution in [3.05, 3.63) is 65.9 Å². The average Bonchev–Trinajstić information content (AvgIpc) is 2.45. The van der Waals surface area contributed by atoms with Gasteiger partial charge in [-0.25, -0.2) is 0 Å². The number of hydrogen-bond donors (Lipinski definition) is 0. The van der Waals surface area contributed by atoms with E-state index in [0.717, 1.165) is 6.42 Å². The second-order valence-electron chi connectivity index (χ2n) is 4.66. The fourth-order valence-electron chi connectivity index (χ4n) is 1.61. The predicted octanol–water partition coefficient (Wildman–Crippen LogP) is 6.02. The first-order valence-corrected chi connectivity index (χ1v) is 7.21. The van der Waals surface area contributed by atoms with Gasteiger partial charge in [0.2, 0.25) is 0 Å². The predicted molar refractivity (Wildman–Crippen MR) is 87.5 cm³/mol. The van der Waals surface area contributed by atoms with Crippen molar-refractivity contribution in [1.29, 1.82) is 0 Å². The van der Waals surface area contributed by atoms with Crippen molar-refractivity contribution in [2.75, 3.05) is 0 Å². The molecule has 0 fully saturated rings. The van der Waals surface area contributed by atoms with Gasteiger partial charge in [-0.2, -0.15) is 0 Å². The zero-order valence-electron chi connectivity index (χ0n) is 12.8. The van der Waals surface area contributed by atoms with Gasteiger partial charge in [-0.05, 0) is 58.1 Å². The van der Waals surface area contributed by atoms with Gasteiger partial charge in [0, 0.05) is 0 Å². The normalized spacial score (nSPS) is 9.63. The molecule has 0 aromatic heterocycles. The maximum Gasteiger partial charge on any atom is -0.0275 e. The molecule has 0 N–H and O–H groups in total. The van der Waals surface area contributed by atoms with Crippen LogP contribution in [0.25, 0.3) is 0 Å². The van der Waals surface area contributed by atoms with E-state index in [1.807, 2.05) is 32.1 Å². The quantitative estimate of drug-likeness (QED) is 0.331. The van der Waals surface area contributed by atoms with Gasteiger partial charge >= 0.3 is 0 Å². The first kappa shape index (κ1) is 17.5. The van der Waals surface area contributed by atoms with Crippen LogP contribution in [0.4, 0.5) is 0 Å². The highest BCUT2D eigenvalue weighted by Crippen LogP contribution is 2.09. The zero-order valence-corrected chi connectivity index (χ0v) is 12.8. The molecule has 1 aromatic carbocycles. The Bertz CT molecular complexity index is 371. The van der Waals surface area contributed by atoms with Gasteiger partial charge in [0.1, 0.15) is 0 Å². The summed E-state index contributed by atoms with van der Waals surface area (Å²) in [5.74, 6) is 0. The lowest BCUT2D eigenvalue weighted by Crippen LogP contribution is -1.85. The molecule has 0 aliphatic heterocycles. The van der Waals surface area contributed by atoms with E-state index in [1.165, 1.54) is 36.8 Å². The van der Waals surface area contributed by atoms with Crippen molar-refractivity contribution >= 4 is 0 Å². The maximum absolute atomic E-state index is 3.55. The summed E-state index contributed by atoms with van der Waals surface area (Å²) in [6.45, 7) is 9.68. The number of allylic oxidation sites excluding steroid dienone is 3. The fourth-order valence-corrected chi connectivity index (χ4v) is 1.61. The highest BCUT2D eigenvalue weighted by molar-refractivity contribution is 5.21. The van der Waals surface area contributed by atoms with Crippen LogP contribution in [0.1, 0.15) is 50.7 Å². The average molecular weight is 256 g/mol. The fraction of sp³-hybridized carbons (Fsp3) is 0.421. The van der Waals surface area contributed by atoms with E-state index in [0.29, 0.717) is 0 Å². The molecule has 104 valence electrons. The molecule has 1 aromatic rings. The third-order valence-electron chi connectivity index (χ3n) is 2.91. The summed E-state index contributed by atoms with van der Waals surface area (Å²) < 4.78 is 0. The molecule has 1 rings (SSSR count). The highest BCUT2D eigenvalue weighted by atomic mass is 14.0. The molecular formula is C19H28. The van der Waals surface area contributed by atoms with Crippen molar-refractivity contribution < 1.29 is 0 Å². The van der Waals surface area contributed by atoms with Crippen LogP contribution in [0.3, 0.4) is 0 Å². The molecule has 0 atom stereocenters. The SMILES string of the molecule is C/C=C\C.C=C=CCCCCCc1ccc(C)cc1. The van der Waals surface area contributed by atoms with Gasteiger partial charge in [-0.15, -0.1) is 5.73 Å². The maximum atomic E-state index is 3.55. The molecule has 0 aliphatic carbocycles. The molecule has 0 radical (unpaired) electrons. The van der Waals surface area contributed by atoms with Crippen LogP contribution in [0.5, 0.6) is 0 Å². The molecule has 0 saturated carbocycles. The van der Waals surface area contributed by atoms with Crippen LogP contribution < -0.4 is 0 Å². The van der Waals surface area contributed by atoms with Gasteiger partial charge in [0.05, 0.1) is 0 Å². The van der Waals surface area contributed by atoms with Gasteiger partial charge in [0.25, 0.3) is 0 Å². The minimum Gasteiger partial charge on any atom is -0.133 e. The third kappa shape index (κ3) is 11.3. The Morgan fingerprint density at radius 1 is 1.00 bits per heavy atom. The van der Waals surface area contributed by atoms with Crippen molar-refractivity contribution in [1.82, 2.24) is 0 Å². The molecular weight excluding hydrogens is 228 g/mol. The minimum absolute atomic E-state index is 1.12. The highest BCUT2D eigenvalue weighted by Gasteiger charge is 1.92. The Morgan fingerprint density at radius 2 is 1.63 bits per heavy atom. The van der Waals surface area contributed by atoms with Crippen LogP contribution in [-0.2, 0) is 6.42 Å². The number of unbranched alkanes of at least 4 members (excludes halogenated alkanes) is 3. The standard InChI is InChI=1S/C15H20.C4H8/c1-3-4-5-6-7-8-9-15-12-10-14(2)11-13-15;1-3-4-2/h4,10-13H,1,5-9H2,2H3;3-4H,1-2H3/b;4-3-. The number of rotatable bonds is 6. The summed E-state index contributed by atoms with van der Waals surface area (Å²) >= 11 is 0. The Morgan fingerprint density at radius 3 is 2.16 bits per heavy atom. The molecule has 0 nitrogen and oxygen atoms in total. The second kappa shape index (κ2) is 12.9. The summed E-state index contributed by atoms with van der Waals surface area (Å²) in [6, 6.07) is 8.85. The minimum atomic E-state index is 1.12. The first-order chi connectivity index (χ1) is 9.24.